The van der Waals surface area contributed by atoms with Gasteiger partial charge in [-0.2, -0.15) is 0 Å². The molecule has 1 unspecified atom stereocenters. The zero-order valence-corrected chi connectivity index (χ0v) is 19.5. The van der Waals surface area contributed by atoms with Gasteiger partial charge in [0.25, 0.3) is 0 Å². The van der Waals surface area contributed by atoms with Gasteiger partial charge in [0.15, 0.2) is 0 Å². The number of allylic oxidation sites excluding steroid dienone is 2. The Morgan fingerprint density at radius 3 is 2.71 bits per heavy atom. The summed E-state index contributed by atoms with van der Waals surface area (Å²) in [6.07, 6.45) is 8.26. The number of rotatable bonds is 12. The topological polar surface area (TPSA) is 30.5 Å². The van der Waals surface area contributed by atoms with Crippen LogP contribution in [0.1, 0.15) is 30.9 Å². The summed E-state index contributed by atoms with van der Waals surface area (Å²) in [5.74, 6) is 0.646. The van der Waals surface area contributed by atoms with Crippen molar-refractivity contribution in [3.05, 3.63) is 72.3 Å². The minimum Gasteiger partial charge on any atom is -0.370 e. The van der Waals surface area contributed by atoms with Crippen LogP contribution in [0.2, 0.25) is 0 Å². The van der Waals surface area contributed by atoms with Gasteiger partial charge in [0, 0.05) is 38.2 Å². The maximum absolute atomic E-state index is 6.01. The van der Waals surface area contributed by atoms with Crippen molar-refractivity contribution in [1.29, 1.82) is 0 Å². The van der Waals surface area contributed by atoms with E-state index in [1.165, 1.54) is 28.2 Å². The molecule has 2 N–H and O–H groups in total. The van der Waals surface area contributed by atoms with E-state index in [9.17, 15) is 0 Å². The third kappa shape index (κ3) is 6.28. The number of hydrogen-bond acceptors (Lipinski definition) is 4. The fourth-order valence-electron chi connectivity index (χ4n) is 3.99. The average Bonchev–Trinajstić information content (AvgIpc) is 3.10. The fourth-order valence-corrected chi connectivity index (χ4v) is 4.20. The minimum atomic E-state index is 0.303. The number of hydrogen-bond donors (Lipinski definition) is 2. The van der Waals surface area contributed by atoms with Crippen molar-refractivity contribution in [1.82, 2.24) is 5.32 Å². The summed E-state index contributed by atoms with van der Waals surface area (Å²) < 4.78 is 0. The van der Waals surface area contributed by atoms with Gasteiger partial charge >= 0.3 is 0 Å². The molecule has 31 heavy (non-hydrogen) atoms. The molecule has 0 aromatic heterocycles. The van der Waals surface area contributed by atoms with E-state index in [1.54, 1.807) is 6.08 Å². The van der Waals surface area contributed by atoms with E-state index in [0.29, 0.717) is 12.0 Å². The van der Waals surface area contributed by atoms with Crippen LogP contribution in [0, 0.1) is 0 Å². The molecule has 4 nitrogen and oxygen atoms in total. The Morgan fingerprint density at radius 2 is 2.00 bits per heavy atom. The molecule has 1 atom stereocenters. The SMILES string of the molecule is C=C/C=C/c1ccc(CNCCC2Nc3cc(N(CCC)CCCl)ccc3N2C)cc1. The summed E-state index contributed by atoms with van der Waals surface area (Å²) in [7, 11) is 2.17. The van der Waals surface area contributed by atoms with Crippen LogP contribution in [0.25, 0.3) is 6.08 Å². The zero-order valence-electron chi connectivity index (χ0n) is 18.8. The second-order valence-electron chi connectivity index (χ2n) is 7.95. The van der Waals surface area contributed by atoms with E-state index in [0.717, 1.165) is 39.0 Å². The largest absolute Gasteiger partial charge is 0.370 e. The van der Waals surface area contributed by atoms with Gasteiger partial charge in [0.2, 0.25) is 0 Å². The van der Waals surface area contributed by atoms with Crippen LogP contribution in [0.4, 0.5) is 17.1 Å². The Hall–Kier alpha value is -2.43. The summed E-state index contributed by atoms with van der Waals surface area (Å²) >= 11 is 6.01. The van der Waals surface area contributed by atoms with Crippen molar-refractivity contribution in [2.24, 2.45) is 0 Å². The number of nitrogens with one attached hydrogen (secondary N) is 2. The number of nitrogens with zero attached hydrogens (tertiary/aromatic N) is 2. The first-order valence-electron chi connectivity index (χ1n) is 11.2. The fraction of sp³-hybridized carbons (Fsp3) is 0.385. The van der Waals surface area contributed by atoms with Crippen LogP contribution in [0.5, 0.6) is 0 Å². The number of alkyl halides is 1. The van der Waals surface area contributed by atoms with Crippen molar-refractivity contribution in [2.75, 3.05) is 47.7 Å². The molecule has 3 rings (SSSR count). The molecule has 166 valence electrons. The minimum absolute atomic E-state index is 0.303. The van der Waals surface area contributed by atoms with Gasteiger partial charge in [-0.1, -0.05) is 56.0 Å². The highest BCUT2D eigenvalue weighted by molar-refractivity contribution is 6.18. The number of anilines is 3. The second kappa shape index (κ2) is 11.8. The lowest BCUT2D eigenvalue weighted by Crippen LogP contribution is -2.35. The maximum atomic E-state index is 6.01. The maximum Gasteiger partial charge on any atom is 0.1000 e. The molecule has 0 amide bonds. The van der Waals surface area contributed by atoms with Crippen LogP contribution >= 0.6 is 11.6 Å². The number of fused-ring (bicyclic) bond motifs is 1. The van der Waals surface area contributed by atoms with Gasteiger partial charge in [0.1, 0.15) is 0 Å². The third-order valence-electron chi connectivity index (χ3n) is 5.69. The highest BCUT2D eigenvalue weighted by Gasteiger charge is 2.25. The van der Waals surface area contributed by atoms with Crippen LogP contribution in [-0.2, 0) is 6.54 Å². The van der Waals surface area contributed by atoms with Crippen LogP contribution in [0.3, 0.4) is 0 Å². The van der Waals surface area contributed by atoms with Crippen molar-refractivity contribution in [3.63, 3.8) is 0 Å². The lowest BCUT2D eigenvalue weighted by molar-refractivity contribution is 0.588. The molecule has 0 aliphatic carbocycles. The first-order valence-corrected chi connectivity index (χ1v) is 11.7. The van der Waals surface area contributed by atoms with E-state index in [4.69, 9.17) is 11.6 Å². The van der Waals surface area contributed by atoms with Gasteiger partial charge in [-0.3, -0.25) is 0 Å². The van der Waals surface area contributed by atoms with Gasteiger partial charge in [-0.15, -0.1) is 11.6 Å². The molecule has 1 aliphatic heterocycles. The molecule has 0 radical (unpaired) electrons. The molecule has 2 aromatic rings. The summed E-state index contributed by atoms with van der Waals surface area (Å²) in [5, 5.41) is 7.28. The van der Waals surface area contributed by atoms with E-state index in [1.807, 2.05) is 6.08 Å². The average molecular weight is 439 g/mol. The molecule has 0 fully saturated rings. The van der Waals surface area contributed by atoms with E-state index in [-0.39, 0.29) is 0 Å². The third-order valence-corrected chi connectivity index (χ3v) is 5.86. The lowest BCUT2D eigenvalue weighted by atomic mass is 10.1. The summed E-state index contributed by atoms with van der Waals surface area (Å²) in [6.45, 7) is 9.65. The molecule has 0 saturated carbocycles. The Labute approximate surface area is 192 Å². The molecule has 1 heterocycles. The molecule has 2 aromatic carbocycles. The van der Waals surface area contributed by atoms with Crippen molar-refractivity contribution in [2.45, 2.75) is 32.5 Å². The van der Waals surface area contributed by atoms with Gasteiger partial charge in [0.05, 0.1) is 17.5 Å². The normalized spacial score (nSPS) is 15.2. The van der Waals surface area contributed by atoms with Gasteiger partial charge < -0.3 is 20.4 Å². The lowest BCUT2D eigenvalue weighted by Gasteiger charge is -2.24. The van der Waals surface area contributed by atoms with Crippen molar-refractivity contribution < 1.29 is 0 Å². The smallest absolute Gasteiger partial charge is 0.1000 e. The van der Waals surface area contributed by atoms with Crippen LogP contribution in [0.15, 0.2) is 61.2 Å². The zero-order chi connectivity index (χ0) is 22.1. The molecular formula is C26H35ClN4. The number of halogens is 1. The quantitative estimate of drug-likeness (QED) is 0.252. The van der Waals surface area contributed by atoms with Crippen LogP contribution in [-0.4, -0.2) is 38.7 Å². The van der Waals surface area contributed by atoms with Gasteiger partial charge in [-0.05, 0) is 48.7 Å². The van der Waals surface area contributed by atoms with E-state index in [2.05, 4.69) is 89.5 Å². The highest BCUT2D eigenvalue weighted by atomic mass is 35.5. The Kier molecular flexibility index (Phi) is 8.86. The predicted octanol–water partition coefficient (Wildman–Crippen LogP) is 5.71. The van der Waals surface area contributed by atoms with E-state index >= 15 is 0 Å². The van der Waals surface area contributed by atoms with Crippen molar-refractivity contribution >= 4 is 34.7 Å². The molecule has 0 saturated heterocycles. The molecule has 1 aliphatic rings. The highest BCUT2D eigenvalue weighted by Crippen LogP contribution is 2.37. The Morgan fingerprint density at radius 1 is 1.19 bits per heavy atom. The Balaban J connectivity index is 1.50. The first-order chi connectivity index (χ1) is 15.2. The summed E-state index contributed by atoms with van der Waals surface area (Å²) in [6, 6.07) is 15.3. The molecule has 5 heteroatoms. The standard InChI is InChI=1S/C26H35ClN4/c1-4-6-7-21-8-10-22(11-9-21)20-28-16-14-26-29-24-19-23(12-13-25(24)30(26)3)31(17-5-2)18-15-27/h4,6-13,19,26,28-29H,1,5,14-18,20H2,2-3H3/b7-6+. The first kappa shape index (κ1) is 23.2. The van der Waals surface area contributed by atoms with Crippen LogP contribution < -0.4 is 20.4 Å². The van der Waals surface area contributed by atoms with E-state index < -0.39 is 0 Å². The Bertz CT molecular complexity index is 856. The molecular weight excluding hydrogens is 404 g/mol. The number of benzene rings is 2. The second-order valence-corrected chi connectivity index (χ2v) is 8.33. The summed E-state index contributed by atoms with van der Waals surface area (Å²) in [5.41, 5.74) is 6.21. The van der Waals surface area contributed by atoms with Gasteiger partial charge in [-0.25, -0.2) is 0 Å². The molecule has 0 spiro atoms. The van der Waals surface area contributed by atoms with Crippen molar-refractivity contribution in [3.8, 4) is 0 Å². The summed E-state index contributed by atoms with van der Waals surface area (Å²) in [4.78, 5) is 4.70. The molecule has 0 bridgehead atoms. The monoisotopic (exact) mass is 438 g/mol. The predicted molar refractivity (Wildman–Crippen MR) is 137 cm³/mol.